The van der Waals surface area contributed by atoms with Crippen LogP contribution in [0.4, 0.5) is 5.69 Å². The van der Waals surface area contributed by atoms with E-state index in [9.17, 15) is 10.1 Å². The van der Waals surface area contributed by atoms with E-state index in [1.165, 1.54) is 6.07 Å². The van der Waals surface area contributed by atoms with Gasteiger partial charge in [-0.15, -0.1) is 0 Å². The van der Waals surface area contributed by atoms with Crippen LogP contribution in [-0.4, -0.2) is 23.6 Å². The maximum absolute atomic E-state index is 11.0. The van der Waals surface area contributed by atoms with Gasteiger partial charge in [0, 0.05) is 22.6 Å². The van der Waals surface area contributed by atoms with Crippen LogP contribution in [0.25, 0.3) is 0 Å². The van der Waals surface area contributed by atoms with Crippen molar-refractivity contribution in [3.8, 4) is 5.75 Å². The van der Waals surface area contributed by atoms with Gasteiger partial charge < -0.3 is 10.1 Å². The summed E-state index contributed by atoms with van der Waals surface area (Å²) in [6.07, 6.45) is 0. The zero-order valence-electron chi connectivity index (χ0n) is 11.6. The minimum atomic E-state index is -0.426. The first-order chi connectivity index (χ1) is 8.70. The van der Waals surface area contributed by atoms with Crippen LogP contribution >= 0.6 is 15.9 Å². The molecule has 0 heterocycles. The average molecular weight is 331 g/mol. The number of hydrogen-bond donors (Lipinski definition) is 1. The van der Waals surface area contributed by atoms with Gasteiger partial charge in [-0.2, -0.15) is 0 Å². The smallest absolute Gasteiger partial charge is 0.312 e. The lowest BCUT2D eigenvalue weighted by atomic mass is 10.1. The van der Waals surface area contributed by atoms with E-state index < -0.39 is 4.92 Å². The molecule has 0 unspecified atom stereocenters. The summed E-state index contributed by atoms with van der Waals surface area (Å²) in [5, 5.41) is 14.3. The van der Waals surface area contributed by atoms with Gasteiger partial charge in [-0.25, -0.2) is 0 Å². The lowest BCUT2D eigenvalue weighted by molar-refractivity contribution is -0.386. The average Bonchev–Trinajstić information content (AvgIpc) is 2.24. The van der Waals surface area contributed by atoms with Crippen LogP contribution in [0.5, 0.6) is 5.75 Å². The third-order valence-electron chi connectivity index (χ3n) is 2.42. The van der Waals surface area contributed by atoms with Gasteiger partial charge in [0.05, 0.1) is 4.92 Å². The van der Waals surface area contributed by atoms with E-state index in [0.717, 1.165) is 5.56 Å². The lowest BCUT2D eigenvalue weighted by Gasteiger charge is -2.20. The van der Waals surface area contributed by atoms with Crippen molar-refractivity contribution in [3.05, 3.63) is 32.3 Å². The van der Waals surface area contributed by atoms with Crippen molar-refractivity contribution in [1.82, 2.24) is 5.32 Å². The highest BCUT2D eigenvalue weighted by Gasteiger charge is 2.19. The molecule has 1 N–H and O–H groups in total. The largest absolute Gasteiger partial charge is 0.485 e. The van der Waals surface area contributed by atoms with Crippen LogP contribution in [0.2, 0.25) is 0 Å². The van der Waals surface area contributed by atoms with Crippen LogP contribution in [0.1, 0.15) is 26.3 Å². The number of nitro benzene ring substituents is 1. The molecule has 0 aliphatic rings. The number of nitrogens with one attached hydrogen (secondary N) is 1. The quantitative estimate of drug-likeness (QED) is 0.510. The molecule has 0 radical (unpaired) electrons. The monoisotopic (exact) mass is 330 g/mol. The first kappa shape index (κ1) is 15.9. The van der Waals surface area contributed by atoms with E-state index in [2.05, 4.69) is 42.0 Å². The van der Waals surface area contributed by atoms with Crippen LogP contribution in [-0.2, 0) is 0 Å². The number of hydrogen-bond acceptors (Lipinski definition) is 4. The molecule has 19 heavy (non-hydrogen) atoms. The summed E-state index contributed by atoms with van der Waals surface area (Å²) < 4.78 is 6.23. The summed E-state index contributed by atoms with van der Waals surface area (Å²) in [7, 11) is 0. The maximum atomic E-state index is 11.0. The number of benzene rings is 1. The molecule has 0 saturated carbocycles. The molecule has 0 amide bonds. The van der Waals surface area contributed by atoms with Crippen molar-refractivity contribution in [2.24, 2.45) is 0 Å². The fourth-order valence-corrected chi connectivity index (χ4v) is 2.17. The van der Waals surface area contributed by atoms with Gasteiger partial charge >= 0.3 is 5.69 Å². The van der Waals surface area contributed by atoms with Gasteiger partial charge in [0.15, 0.2) is 5.75 Å². The Morgan fingerprint density at radius 1 is 1.42 bits per heavy atom. The predicted octanol–water partition coefficient (Wildman–Crippen LogP) is 3.43. The molecule has 1 aromatic carbocycles. The molecular weight excluding hydrogens is 312 g/mol. The Bertz CT molecular complexity index is 470. The second-order valence-corrected chi connectivity index (χ2v) is 6.27. The summed E-state index contributed by atoms with van der Waals surface area (Å²) in [4.78, 5) is 10.6. The topological polar surface area (TPSA) is 64.4 Å². The highest BCUT2D eigenvalue weighted by molar-refractivity contribution is 9.10. The molecule has 0 saturated heterocycles. The van der Waals surface area contributed by atoms with Crippen molar-refractivity contribution in [2.45, 2.75) is 33.2 Å². The van der Waals surface area contributed by atoms with Gasteiger partial charge in [-0.05, 0) is 39.3 Å². The molecule has 1 rings (SSSR count). The number of aryl methyl sites for hydroxylation is 1. The van der Waals surface area contributed by atoms with E-state index >= 15 is 0 Å². The molecular formula is C13H19BrN2O3. The minimum Gasteiger partial charge on any atom is -0.485 e. The third kappa shape index (κ3) is 5.16. The summed E-state index contributed by atoms with van der Waals surface area (Å²) >= 11 is 3.25. The molecule has 1 aromatic rings. The van der Waals surface area contributed by atoms with Gasteiger partial charge in [-0.3, -0.25) is 10.1 Å². The minimum absolute atomic E-state index is 0.00402. The predicted molar refractivity (Wildman–Crippen MR) is 78.8 cm³/mol. The molecule has 5 nitrogen and oxygen atoms in total. The third-order valence-corrected chi connectivity index (χ3v) is 2.88. The number of rotatable bonds is 5. The molecule has 106 valence electrons. The second kappa shape index (κ2) is 6.34. The Kier molecular flexibility index (Phi) is 5.31. The van der Waals surface area contributed by atoms with Crippen molar-refractivity contribution >= 4 is 21.6 Å². The van der Waals surface area contributed by atoms with Crippen molar-refractivity contribution in [1.29, 1.82) is 0 Å². The van der Waals surface area contributed by atoms with Gasteiger partial charge in [-0.1, -0.05) is 15.9 Å². The highest BCUT2D eigenvalue weighted by Crippen LogP contribution is 2.33. The first-order valence-corrected chi connectivity index (χ1v) is 6.82. The van der Waals surface area contributed by atoms with Crippen molar-refractivity contribution in [3.63, 3.8) is 0 Å². The fourth-order valence-electron chi connectivity index (χ4n) is 1.61. The van der Waals surface area contributed by atoms with E-state index in [1.807, 2.05) is 0 Å². The SMILES string of the molecule is Cc1cc(Br)cc([N+](=O)[O-])c1OCCNC(C)(C)C. The van der Waals surface area contributed by atoms with Crippen LogP contribution in [0.15, 0.2) is 16.6 Å². The van der Waals surface area contributed by atoms with Crippen molar-refractivity contribution < 1.29 is 9.66 Å². The normalized spacial score (nSPS) is 11.4. The maximum Gasteiger partial charge on any atom is 0.312 e. The second-order valence-electron chi connectivity index (χ2n) is 5.35. The summed E-state index contributed by atoms with van der Waals surface area (Å²) in [5.74, 6) is 0.337. The zero-order chi connectivity index (χ0) is 14.6. The number of nitro groups is 1. The Morgan fingerprint density at radius 3 is 2.58 bits per heavy atom. The van der Waals surface area contributed by atoms with Gasteiger partial charge in [0.1, 0.15) is 6.61 Å². The summed E-state index contributed by atoms with van der Waals surface area (Å²) in [6.45, 7) is 8.99. The van der Waals surface area contributed by atoms with Crippen LogP contribution in [0.3, 0.4) is 0 Å². The molecule has 0 aliphatic heterocycles. The van der Waals surface area contributed by atoms with Crippen molar-refractivity contribution in [2.75, 3.05) is 13.2 Å². The Morgan fingerprint density at radius 2 is 2.05 bits per heavy atom. The summed E-state index contributed by atoms with van der Waals surface area (Å²) in [6, 6.07) is 3.26. The molecule has 0 spiro atoms. The fraction of sp³-hybridized carbons (Fsp3) is 0.538. The van der Waals surface area contributed by atoms with E-state index in [-0.39, 0.29) is 11.2 Å². The Balaban J connectivity index is 2.75. The van der Waals surface area contributed by atoms with Gasteiger partial charge in [0.2, 0.25) is 0 Å². The summed E-state index contributed by atoms with van der Waals surface area (Å²) in [5.41, 5.74) is 0.740. The molecule has 0 aromatic heterocycles. The zero-order valence-corrected chi connectivity index (χ0v) is 13.2. The number of ether oxygens (including phenoxy) is 1. The standard InChI is InChI=1S/C13H19BrN2O3/c1-9-7-10(14)8-11(16(17)18)12(9)19-6-5-15-13(2,3)4/h7-8,15H,5-6H2,1-4H3. The van der Waals surface area contributed by atoms with E-state index in [1.54, 1.807) is 13.0 Å². The molecule has 0 atom stereocenters. The number of nitrogens with zero attached hydrogens (tertiary/aromatic N) is 1. The Labute approximate surface area is 121 Å². The lowest BCUT2D eigenvalue weighted by Crippen LogP contribution is -2.38. The van der Waals surface area contributed by atoms with Crippen LogP contribution in [0, 0.1) is 17.0 Å². The number of halogens is 1. The molecule has 0 bridgehead atoms. The van der Waals surface area contributed by atoms with E-state index in [0.29, 0.717) is 23.4 Å². The molecule has 0 aliphatic carbocycles. The molecule has 0 fully saturated rings. The first-order valence-electron chi connectivity index (χ1n) is 6.03. The van der Waals surface area contributed by atoms with E-state index in [4.69, 9.17) is 4.74 Å². The Hall–Kier alpha value is -1.14. The highest BCUT2D eigenvalue weighted by atomic mass is 79.9. The van der Waals surface area contributed by atoms with Crippen LogP contribution < -0.4 is 10.1 Å². The van der Waals surface area contributed by atoms with Gasteiger partial charge in [0.25, 0.3) is 0 Å². The molecule has 6 heteroatoms.